The number of nitriles is 2. The molecular formula is C45H60N12O5S. The predicted molar refractivity (Wildman–Crippen MR) is 240 cm³/mol. The molecule has 0 radical (unpaired) electrons. The highest BCUT2D eigenvalue weighted by Gasteiger charge is 2.29. The molecule has 6 aliphatic rings. The van der Waals surface area contributed by atoms with Crippen LogP contribution in [0.4, 0.5) is 5.95 Å². The van der Waals surface area contributed by atoms with Crippen molar-refractivity contribution in [3.63, 3.8) is 0 Å². The Kier molecular flexibility index (Phi) is 15.2. The summed E-state index contributed by atoms with van der Waals surface area (Å²) in [6.07, 6.45) is 19.2. The number of anilines is 1. The minimum Gasteiger partial charge on any atom is -0.379 e. The average molecular weight is 881 g/mol. The summed E-state index contributed by atoms with van der Waals surface area (Å²) in [4.78, 5) is 48.0. The molecule has 4 aliphatic heterocycles. The van der Waals surface area contributed by atoms with Crippen molar-refractivity contribution in [1.82, 2.24) is 44.0 Å². The number of aromatic nitrogens is 6. The smallest absolute Gasteiger partial charge is 0.270 e. The van der Waals surface area contributed by atoms with Gasteiger partial charge in [-0.15, -0.1) is 0 Å². The molecule has 4 aromatic rings. The molecule has 0 amide bonds. The summed E-state index contributed by atoms with van der Waals surface area (Å²) in [7, 11) is -1.31. The normalized spacial score (nSPS) is 21.6. The third-order valence-corrected chi connectivity index (χ3v) is 14.1. The molecule has 63 heavy (non-hydrogen) atoms. The number of hydrazine groups is 1. The van der Waals surface area contributed by atoms with Gasteiger partial charge in [-0.25, -0.2) is 25.0 Å². The van der Waals surface area contributed by atoms with E-state index in [2.05, 4.69) is 40.8 Å². The minimum absolute atomic E-state index is 0.0568. The van der Waals surface area contributed by atoms with Crippen LogP contribution in [0.25, 0.3) is 22.1 Å². The summed E-state index contributed by atoms with van der Waals surface area (Å²) in [5.41, 5.74) is 0.897. The zero-order valence-electron chi connectivity index (χ0n) is 36.5. The average Bonchev–Trinajstić information content (AvgIpc) is 4.08. The van der Waals surface area contributed by atoms with Crippen LogP contribution in [0.5, 0.6) is 0 Å². The number of nitrogens with zero attached hydrogens (tertiary/aromatic N) is 12. The van der Waals surface area contributed by atoms with Crippen LogP contribution >= 0.6 is 0 Å². The molecule has 1 atom stereocenters. The van der Waals surface area contributed by atoms with Crippen molar-refractivity contribution in [3.05, 3.63) is 56.4 Å². The van der Waals surface area contributed by atoms with Crippen LogP contribution in [0.3, 0.4) is 0 Å². The number of piperidine rings is 2. The van der Waals surface area contributed by atoms with Crippen molar-refractivity contribution in [1.29, 1.82) is 10.5 Å². The van der Waals surface area contributed by atoms with E-state index in [4.69, 9.17) is 19.7 Å². The van der Waals surface area contributed by atoms with E-state index in [-0.39, 0.29) is 39.5 Å². The molecule has 0 bridgehead atoms. The van der Waals surface area contributed by atoms with E-state index in [0.717, 1.165) is 135 Å². The largest absolute Gasteiger partial charge is 0.379 e. The fraction of sp³-hybridized carbons (Fsp3) is 0.644. The second-order valence-corrected chi connectivity index (χ2v) is 18.6. The zero-order chi connectivity index (χ0) is 43.7. The van der Waals surface area contributed by atoms with Gasteiger partial charge in [0.2, 0.25) is 11.1 Å². The van der Waals surface area contributed by atoms with Crippen LogP contribution in [-0.2, 0) is 20.3 Å². The highest BCUT2D eigenvalue weighted by Crippen LogP contribution is 2.32. The summed E-state index contributed by atoms with van der Waals surface area (Å²) < 4.78 is 25.7. The third kappa shape index (κ3) is 10.5. The van der Waals surface area contributed by atoms with Crippen molar-refractivity contribution in [2.24, 2.45) is 0 Å². The predicted octanol–water partition coefficient (Wildman–Crippen LogP) is 4.31. The Morgan fingerprint density at radius 3 is 1.62 bits per heavy atom. The van der Waals surface area contributed by atoms with Crippen LogP contribution < -0.4 is 16.0 Å². The van der Waals surface area contributed by atoms with Gasteiger partial charge < -0.3 is 14.4 Å². The number of hydrogen-bond acceptors (Lipinski definition) is 15. The first-order valence-corrected chi connectivity index (χ1v) is 24.5. The first-order valence-electron chi connectivity index (χ1n) is 23.0. The van der Waals surface area contributed by atoms with Gasteiger partial charge >= 0.3 is 0 Å². The van der Waals surface area contributed by atoms with Gasteiger partial charge in [-0.3, -0.25) is 27.8 Å². The fourth-order valence-corrected chi connectivity index (χ4v) is 10.5. The molecule has 336 valence electrons. The Labute approximate surface area is 371 Å². The standard InChI is InChI=1S/C22H28N6O2.C14H14N4O2S.C9H18N2O/c23-14-16-13-17-15-24-22(25-20(17)28(21(16)29)19-3-1-2-4-19)27-7-5-18(6-8-27)26-9-11-30-12-10-26;1-21(20)14-16-8-10-6-9(7-15)13(19)18(12(10)17-14)11-4-2-3-5-11;1-2-4-10(5-3-1)11-6-8-12-9-7-11/h13,15,18-19H,1-12H2;6,8,11H,2-5H2,1H3;1-9H2. The Morgan fingerprint density at radius 1 is 0.603 bits per heavy atom. The van der Waals surface area contributed by atoms with E-state index in [1.54, 1.807) is 21.4 Å². The molecule has 10 rings (SSSR count). The van der Waals surface area contributed by atoms with Gasteiger partial charge in [-0.05, 0) is 63.5 Å². The monoisotopic (exact) mass is 880 g/mol. The summed E-state index contributed by atoms with van der Waals surface area (Å²) >= 11 is 0. The molecule has 6 fully saturated rings. The topological polar surface area (TPSA) is 192 Å². The SMILES string of the molecule is C1CCN(N2CCOCC2)CC1.CS(=O)c1ncc2cc(C#N)c(=O)n(C3CCCC3)c2n1.N#Cc1cc2cnc(N3CCC(N4CCOCC4)CC3)nc2n(C2CCCC2)c1=O. The highest BCUT2D eigenvalue weighted by atomic mass is 32.2. The van der Waals surface area contributed by atoms with Crippen LogP contribution in [0, 0.1) is 22.7 Å². The quantitative estimate of drug-likeness (QED) is 0.249. The number of hydrogen-bond donors (Lipinski definition) is 0. The lowest BCUT2D eigenvalue weighted by molar-refractivity contribution is -0.0978. The van der Waals surface area contributed by atoms with Gasteiger partial charge in [0.15, 0.2) is 0 Å². The Morgan fingerprint density at radius 2 is 1.10 bits per heavy atom. The van der Waals surface area contributed by atoms with Crippen molar-refractivity contribution in [2.45, 2.75) is 107 Å². The second-order valence-electron chi connectivity index (χ2n) is 17.3. The molecule has 0 N–H and O–H groups in total. The van der Waals surface area contributed by atoms with Crippen molar-refractivity contribution in [3.8, 4) is 12.1 Å². The van der Waals surface area contributed by atoms with Gasteiger partial charge in [0.1, 0.15) is 34.6 Å². The maximum absolute atomic E-state index is 13.0. The number of pyridine rings is 2. The Hall–Kier alpha value is -4.69. The first kappa shape index (κ1) is 44.9. The number of fused-ring (bicyclic) bond motifs is 2. The van der Waals surface area contributed by atoms with E-state index >= 15 is 0 Å². The Balaban J connectivity index is 0.000000143. The molecule has 4 aromatic heterocycles. The second kappa shape index (κ2) is 21.3. The maximum atomic E-state index is 13.0. The fourth-order valence-electron chi connectivity index (χ4n) is 10.0. The van der Waals surface area contributed by atoms with Crippen LogP contribution in [-0.4, -0.2) is 139 Å². The van der Waals surface area contributed by atoms with E-state index in [1.165, 1.54) is 50.9 Å². The van der Waals surface area contributed by atoms with E-state index in [9.17, 15) is 19.1 Å². The van der Waals surface area contributed by atoms with Gasteiger partial charge in [0.05, 0.1) is 37.2 Å². The van der Waals surface area contributed by atoms with Gasteiger partial charge in [0, 0.05) is 99.9 Å². The summed E-state index contributed by atoms with van der Waals surface area (Å²) in [6.45, 7) is 12.1. The van der Waals surface area contributed by atoms with Crippen LogP contribution in [0.15, 0.2) is 39.3 Å². The minimum atomic E-state index is -1.31. The van der Waals surface area contributed by atoms with Gasteiger partial charge in [-0.1, -0.05) is 32.1 Å². The van der Waals surface area contributed by atoms with Crippen molar-refractivity contribution >= 4 is 38.8 Å². The van der Waals surface area contributed by atoms with E-state index < -0.39 is 10.8 Å². The molecule has 1 unspecified atom stereocenters. The van der Waals surface area contributed by atoms with Gasteiger partial charge in [-0.2, -0.15) is 15.5 Å². The molecule has 0 aromatic carbocycles. The lowest BCUT2D eigenvalue weighted by Crippen LogP contribution is -2.50. The van der Waals surface area contributed by atoms with Crippen molar-refractivity contribution in [2.75, 3.05) is 89.9 Å². The number of morpholine rings is 2. The first-order chi connectivity index (χ1) is 30.8. The lowest BCUT2D eigenvalue weighted by atomic mass is 10.0. The molecule has 0 spiro atoms. The highest BCUT2D eigenvalue weighted by molar-refractivity contribution is 7.84. The molecule has 4 saturated heterocycles. The van der Waals surface area contributed by atoms with E-state index in [0.29, 0.717) is 28.7 Å². The third-order valence-electron chi connectivity index (χ3n) is 13.4. The number of ether oxygens (including phenoxy) is 2. The number of rotatable bonds is 6. The zero-order valence-corrected chi connectivity index (χ0v) is 37.4. The summed E-state index contributed by atoms with van der Waals surface area (Å²) in [5, 5.41) is 25.1. The van der Waals surface area contributed by atoms with Crippen LogP contribution in [0.2, 0.25) is 0 Å². The molecule has 2 saturated carbocycles. The summed E-state index contributed by atoms with van der Waals surface area (Å²) in [5.74, 6) is 0.693. The van der Waals surface area contributed by atoms with Crippen molar-refractivity contribution < 1.29 is 13.7 Å². The molecule has 17 nitrogen and oxygen atoms in total. The molecular weight excluding hydrogens is 821 g/mol. The van der Waals surface area contributed by atoms with Gasteiger partial charge in [0.25, 0.3) is 11.1 Å². The lowest BCUT2D eigenvalue weighted by Gasteiger charge is -2.40. The van der Waals surface area contributed by atoms with E-state index in [1.807, 2.05) is 6.07 Å². The summed E-state index contributed by atoms with van der Waals surface area (Å²) in [6, 6.07) is 7.92. The molecule has 8 heterocycles. The Bertz CT molecular complexity index is 2410. The molecule has 18 heteroatoms. The molecule has 2 aliphatic carbocycles. The maximum Gasteiger partial charge on any atom is 0.270 e. The van der Waals surface area contributed by atoms with Crippen LogP contribution in [0.1, 0.15) is 107 Å².